The first-order valence-corrected chi connectivity index (χ1v) is 8.60. The van der Waals surface area contributed by atoms with Crippen LogP contribution in [0.2, 0.25) is 0 Å². The highest BCUT2D eigenvalue weighted by Gasteiger charge is 2.36. The summed E-state index contributed by atoms with van der Waals surface area (Å²) in [6.07, 6.45) is 0.928. The number of methoxy groups -OCH3 is 1. The van der Waals surface area contributed by atoms with E-state index in [1.807, 2.05) is 0 Å². The zero-order chi connectivity index (χ0) is 14.6. The van der Waals surface area contributed by atoms with Gasteiger partial charge < -0.3 is 10.1 Å². The minimum Gasteiger partial charge on any atom is -0.383 e. The van der Waals surface area contributed by atoms with Gasteiger partial charge in [-0.1, -0.05) is 0 Å². The lowest BCUT2D eigenvalue weighted by Crippen LogP contribution is -2.50. The fourth-order valence-electron chi connectivity index (χ4n) is 2.80. The van der Waals surface area contributed by atoms with Crippen LogP contribution in [-0.2, 0) is 14.9 Å². The molecule has 2 aliphatic heterocycles. The van der Waals surface area contributed by atoms with E-state index in [1.165, 1.54) is 4.31 Å². The maximum atomic E-state index is 12.4. The Hall–Kier alpha value is 0.0400. The Labute approximate surface area is 134 Å². The summed E-state index contributed by atoms with van der Waals surface area (Å²) in [5, 5.41) is 3.33. The number of piperazine rings is 1. The standard InChI is InChI=1S/C12H26N4O3S.ClH/c1-14(9-10-19-2)20(17,18)16-6-3-12(11-16)15-7-4-13-5-8-15;/h12-13H,3-11H2,1-2H3;1H. The van der Waals surface area contributed by atoms with Crippen LogP contribution in [0.15, 0.2) is 0 Å². The molecule has 21 heavy (non-hydrogen) atoms. The van der Waals surface area contributed by atoms with E-state index in [0.717, 1.165) is 32.6 Å². The first-order chi connectivity index (χ1) is 9.55. The minimum atomic E-state index is -3.34. The number of ether oxygens (including phenoxy) is 1. The van der Waals surface area contributed by atoms with Crippen LogP contribution >= 0.6 is 12.4 Å². The molecule has 0 amide bonds. The third kappa shape index (κ3) is 4.75. The van der Waals surface area contributed by atoms with Crippen molar-refractivity contribution in [1.82, 2.24) is 18.8 Å². The Morgan fingerprint density at radius 3 is 2.57 bits per heavy atom. The molecule has 7 nitrogen and oxygen atoms in total. The van der Waals surface area contributed by atoms with E-state index in [4.69, 9.17) is 4.74 Å². The van der Waals surface area contributed by atoms with E-state index in [2.05, 4.69) is 10.2 Å². The molecule has 2 rings (SSSR count). The SMILES string of the molecule is COCCN(C)S(=O)(=O)N1CCC(N2CCNCC2)C1.Cl. The number of hydrogen-bond donors (Lipinski definition) is 1. The topological polar surface area (TPSA) is 65.1 Å². The molecule has 0 radical (unpaired) electrons. The van der Waals surface area contributed by atoms with Gasteiger partial charge in [0.15, 0.2) is 0 Å². The largest absolute Gasteiger partial charge is 0.383 e. The molecule has 0 spiro atoms. The quantitative estimate of drug-likeness (QED) is 0.685. The van der Waals surface area contributed by atoms with Crippen molar-refractivity contribution in [2.45, 2.75) is 12.5 Å². The van der Waals surface area contributed by atoms with Crippen molar-refractivity contribution in [2.75, 3.05) is 66.6 Å². The lowest BCUT2D eigenvalue weighted by molar-refractivity contribution is 0.175. The highest BCUT2D eigenvalue weighted by molar-refractivity contribution is 7.86. The zero-order valence-electron chi connectivity index (χ0n) is 12.8. The van der Waals surface area contributed by atoms with Gasteiger partial charge in [0, 0.05) is 66.0 Å². The Bertz CT molecular complexity index is 403. The van der Waals surface area contributed by atoms with Gasteiger partial charge in [0.1, 0.15) is 0 Å². The van der Waals surface area contributed by atoms with Gasteiger partial charge in [-0.05, 0) is 6.42 Å². The third-order valence-electron chi connectivity index (χ3n) is 4.12. The molecular formula is C12H27ClN4O3S. The van der Waals surface area contributed by atoms with Gasteiger partial charge in [0.25, 0.3) is 10.2 Å². The van der Waals surface area contributed by atoms with Crippen molar-refractivity contribution in [3.8, 4) is 0 Å². The molecule has 2 fully saturated rings. The van der Waals surface area contributed by atoms with Crippen LogP contribution in [0.25, 0.3) is 0 Å². The first-order valence-electron chi connectivity index (χ1n) is 7.21. The number of nitrogens with one attached hydrogen (secondary N) is 1. The summed E-state index contributed by atoms with van der Waals surface area (Å²) in [6.45, 7) is 6.07. The predicted octanol–water partition coefficient (Wildman–Crippen LogP) is -0.789. The molecule has 0 aromatic carbocycles. The molecule has 2 heterocycles. The summed E-state index contributed by atoms with van der Waals surface area (Å²) < 4.78 is 32.8. The lowest BCUT2D eigenvalue weighted by Gasteiger charge is -2.32. The average Bonchev–Trinajstić information content (AvgIpc) is 2.96. The van der Waals surface area contributed by atoms with E-state index in [1.54, 1.807) is 18.5 Å². The van der Waals surface area contributed by atoms with Crippen molar-refractivity contribution in [1.29, 1.82) is 0 Å². The van der Waals surface area contributed by atoms with Crippen LogP contribution < -0.4 is 5.32 Å². The van der Waals surface area contributed by atoms with Crippen molar-refractivity contribution in [2.24, 2.45) is 0 Å². The summed E-state index contributed by atoms with van der Waals surface area (Å²) in [6, 6.07) is 0.364. The molecule has 126 valence electrons. The summed E-state index contributed by atoms with van der Waals surface area (Å²) in [5.74, 6) is 0. The molecule has 2 saturated heterocycles. The minimum absolute atomic E-state index is 0. The molecule has 2 aliphatic rings. The molecule has 0 aromatic rings. The smallest absolute Gasteiger partial charge is 0.281 e. The molecule has 0 saturated carbocycles. The van der Waals surface area contributed by atoms with E-state index in [0.29, 0.717) is 32.3 Å². The molecule has 1 atom stereocenters. The summed E-state index contributed by atoms with van der Waals surface area (Å²) in [4.78, 5) is 2.40. The van der Waals surface area contributed by atoms with Crippen LogP contribution in [0.3, 0.4) is 0 Å². The normalized spacial score (nSPS) is 25.2. The number of likely N-dealkylation sites (N-methyl/N-ethyl adjacent to an activating group) is 1. The van der Waals surface area contributed by atoms with E-state index in [9.17, 15) is 8.42 Å². The summed E-state index contributed by atoms with van der Waals surface area (Å²) in [5.41, 5.74) is 0. The van der Waals surface area contributed by atoms with Crippen molar-refractivity contribution in [3.05, 3.63) is 0 Å². The predicted molar refractivity (Wildman–Crippen MR) is 85.1 cm³/mol. The average molecular weight is 343 g/mol. The van der Waals surface area contributed by atoms with E-state index >= 15 is 0 Å². The van der Waals surface area contributed by atoms with Crippen LogP contribution in [0, 0.1) is 0 Å². The third-order valence-corrected chi connectivity index (χ3v) is 6.08. The fraction of sp³-hybridized carbons (Fsp3) is 1.00. The van der Waals surface area contributed by atoms with Gasteiger partial charge in [0.05, 0.1) is 6.61 Å². The molecule has 0 aliphatic carbocycles. The van der Waals surface area contributed by atoms with Gasteiger partial charge in [-0.2, -0.15) is 17.0 Å². The first kappa shape index (κ1) is 19.1. The summed E-state index contributed by atoms with van der Waals surface area (Å²) in [7, 11) is -0.141. The molecular weight excluding hydrogens is 316 g/mol. The number of nitrogens with zero attached hydrogens (tertiary/aromatic N) is 3. The monoisotopic (exact) mass is 342 g/mol. The molecule has 0 bridgehead atoms. The maximum absolute atomic E-state index is 12.4. The van der Waals surface area contributed by atoms with E-state index < -0.39 is 10.2 Å². The molecule has 0 aromatic heterocycles. The number of halogens is 1. The van der Waals surface area contributed by atoms with Crippen molar-refractivity contribution >= 4 is 22.6 Å². The van der Waals surface area contributed by atoms with Gasteiger partial charge in [0.2, 0.25) is 0 Å². The lowest BCUT2D eigenvalue weighted by atomic mass is 10.2. The number of rotatable bonds is 6. The highest BCUT2D eigenvalue weighted by Crippen LogP contribution is 2.20. The van der Waals surface area contributed by atoms with Gasteiger partial charge in [-0.15, -0.1) is 12.4 Å². The van der Waals surface area contributed by atoms with Crippen LogP contribution in [0.5, 0.6) is 0 Å². The van der Waals surface area contributed by atoms with Gasteiger partial charge in [-0.3, -0.25) is 4.90 Å². The fourth-order valence-corrected chi connectivity index (χ4v) is 4.19. The second-order valence-corrected chi connectivity index (χ2v) is 7.44. The molecule has 1 unspecified atom stereocenters. The van der Waals surface area contributed by atoms with Gasteiger partial charge >= 0.3 is 0 Å². The highest BCUT2D eigenvalue weighted by atomic mass is 35.5. The van der Waals surface area contributed by atoms with Crippen LogP contribution in [-0.4, -0.2) is 94.5 Å². The number of hydrogen-bond acceptors (Lipinski definition) is 5. The second-order valence-electron chi connectivity index (χ2n) is 5.41. The second kappa shape index (κ2) is 8.61. The van der Waals surface area contributed by atoms with Crippen LogP contribution in [0.4, 0.5) is 0 Å². The summed E-state index contributed by atoms with van der Waals surface area (Å²) >= 11 is 0. The van der Waals surface area contributed by atoms with Crippen LogP contribution in [0.1, 0.15) is 6.42 Å². The van der Waals surface area contributed by atoms with Crippen molar-refractivity contribution in [3.63, 3.8) is 0 Å². The Balaban J connectivity index is 0.00000220. The van der Waals surface area contributed by atoms with Crippen molar-refractivity contribution < 1.29 is 13.2 Å². The Morgan fingerprint density at radius 1 is 1.29 bits per heavy atom. The van der Waals surface area contributed by atoms with Gasteiger partial charge in [-0.25, -0.2) is 0 Å². The maximum Gasteiger partial charge on any atom is 0.281 e. The Kier molecular flexibility index (Phi) is 7.83. The zero-order valence-corrected chi connectivity index (χ0v) is 14.5. The molecule has 1 N–H and O–H groups in total. The van der Waals surface area contributed by atoms with E-state index in [-0.39, 0.29) is 12.4 Å². The Morgan fingerprint density at radius 2 is 1.95 bits per heavy atom. The molecule has 9 heteroatoms.